The number of aliphatic hydroxyl groups is 1. The lowest BCUT2D eigenvalue weighted by molar-refractivity contribution is -0.142. The zero-order chi connectivity index (χ0) is 10.4. The quantitative estimate of drug-likeness (QED) is 0.543. The second-order valence-electron chi connectivity index (χ2n) is 3.14. The monoisotopic (exact) mass is 187 g/mol. The third-order valence-electron chi connectivity index (χ3n) is 1.98. The molecule has 13 heavy (non-hydrogen) atoms. The van der Waals surface area contributed by atoms with Crippen molar-refractivity contribution in [3.63, 3.8) is 0 Å². The van der Waals surface area contributed by atoms with Crippen molar-refractivity contribution >= 4 is 5.97 Å². The lowest BCUT2D eigenvalue weighted by Crippen LogP contribution is -2.45. The van der Waals surface area contributed by atoms with E-state index in [0.29, 0.717) is 6.42 Å². The van der Waals surface area contributed by atoms with Crippen molar-refractivity contribution < 1.29 is 15.0 Å². The molecule has 0 radical (unpaired) electrons. The molecule has 0 saturated carbocycles. The summed E-state index contributed by atoms with van der Waals surface area (Å²) in [5, 5.41) is 18.0. The molecule has 0 aromatic heterocycles. The summed E-state index contributed by atoms with van der Waals surface area (Å²) in [6.45, 7) is 3.64. The zero-order valence-electron chi connectivity index (χ0n) is 7.97. The van der Waals surface area contributed by atoms with Crippen LogP contribution in [0.25, 0.3) is 0 Å². The van der Waals surface area contributed by atoms with E-state index in [0.717, 1.165) is 0 Å². The highest BCUT2D eigenvalue weighted by Crippen LogP contribution is 2.11. The van der Waals surface area contributed by atoms with E-state index >= 15 is 0 Å². The van der Waals surface area contributed by atoms with Crippen LogP contribution in [0, 0.1) is 5.92 Å². The lowest BCUT2D eigenvalue weighted by Gasteiger charge is -2.20. The highest BCUT2D eigenvalue weighted by Gasteiger charge is 2.26. The predicted molar refractivity (Wildman–Crippen MR) is 50.2 cm³/mol. The molecule has 0 amide bonds. The molecule has 0 aliphatic carbocycles. The molecule has 4 heteroatoms. The van der Waals surface area contributed by atoms with Gasteiger partial charge in [-0.05, 0) is 19.3 Å². The summed E-state index contributed by atoms with van der Waals surface area (Å²) in [5.41, 5.74) is 5.26. The Morgan fingerprint density at radius 3 is 2.54 bits per heavy atom. The Bertz CT molecular complexity index is 191. The number of aliphatic carboxylic acids is 1. The summed E-state index contributed by atoms with van der Waals surface area (Å²) in [6.07, 6.45) is 3.38. The van der Waals surface area contributed by atoms with Crippen LogP contribution >= 0.6 is 0 Å². The maximum atomic E-state index is 10.4. The van der Waals surface area contributed by atoms with Gasteiger partial charge in [-0.3, -0.25) is 4.79 Å². The van der Waals surface area contributed by atoms with Gasteiger partial charge in [-0.15, -0.1) is 0 Å². The molecule has 0 rings (SSSR count). The Morgan fingerprint density at radius 1 is 1.62 bits per heavy atom. The maximum absolute atomic E-state index is 10.4. The Morgan fingerprint density at radius 2 is 2.15 bits per heavy atom. The van der Waals surface area contributed by atoms with Crippen LogP contribution in [-0.4, -0.2) is 28.3 Å². The summed E-state index contributed by atoms with van der Waals surface area (Å²) in [5.74, 6) is -1.30. The number of hydrogen-bond donors (Lipinski definition) is 3. The number of allylic oxidation sites excluding steroid dienone is 2. The fraction of sp³-hybridized carbons (Fsp3) is 0.667. The molecule has 0 aromatic rings. The van der Waals surface area contributed by atoms with Crippen molar-refractivity contribution in [3.05, 3.63) is 12.2 Å². The van der Waals surface area contributed by atoms with Crippen LogP contribution in [0.15, 0.2) is 12.2 Å². The van der Waals surface area contributed by atoms with Gasteiger partial charge in [-0.1, -0.05) is 19.1 Å². The largest absolute Gasteiger partial charge is 0.480 e. The first-order valence-electron chi connectivity index (χ1n) is 4.28. The highest BCUT2D eigenvalue weighted by atomic mass is 16.4. The first-order chi connectivity index (χ1) is 6.00. The van der Waals surface area contributed by atoms with Gasteiger partial charge in [0.05, 0.1) is 6.10 Å². The molecule has 76 valence electrons. The Balaban J connectivity index is 4.08. The number of carboxylic acid groups (broad SMARTS) is 1. The van der Waals surface area contributed by atoms with Crippen LogP contribution < -0.4 is 5.73 Å². The van der Waals surface area contributed by atoms with Crippen LogP contribution in [0.1, 0.15) is 20.3 Å². The Kier molecular flexibility index (Phi) is 5.34. The fourth-order valence-corrected chi connectivity index (χ4v) is 0.990. The normalized spacial score (nSPS) is 18.5. The van der Waals surface area contributed by atoms with E-state index in [1.807, 2.05) is 19.1 Å². The van der Waals surface area contributed by atoms with Gasteiger partial charge in [0.25, 0.3) is 0 Å². The summed E-state index contributed by atoms with van der Waals surface area (Å²) < 4.78 is 0. The molecular weight excluding hydrogens is 170 g/mol. The van der Waals surface area contributed by atoms with Crippen molar-refractivity contribution in [1.29, 1.82) is 0 Å². The lowest BCUT2D eigenvalue weighted by atomic mass is 9.95. The molecule has 4 nitrogen and oxygen atoms in total. The Labute approximate surface area is 78.1 Å². The molecule has 0 fully saturated rings. The third-order valence-corrected chi connectivity index (χ3v) is 1.98. The molecule has 0 spiro atoms. The topological polar surface area (TPSA) is 83.5 Å². The van der Waals surface area contributed by atoms with E-state index in [-0.39, 0.29) is 5.92 Å². The van der Waals surface area contributed by atoms with E-state index < -0.39 is 18.1 Å². The van der Waals surface area contributed by atoms with Gasteiger partial charge < -0.3 is 15.9 Å². The third kappa shape index (κ3) is 4.05. The molecular formula is C9H17NO3. The van der Waals surface area contributed by atoms with Crippen molar-refractivity contribution in [2.75, 3.05) is 0 Å². The van der Waals surface area contributed by atoms with Crippen LogP contribution in [0.5, 0.6) is 0 Å². The van der Waals surface area contributed by atoms with E-state index in [2.05, 4.69) is 0 Å². The Hall–Kier alpha value is -0.870. The molecule has 0 aromatic carbocycles. The molecule has 0 saturated heterocycles. The van der Waals surface area contributed by atoms with Gasteiger partial charge in [0.1, 0.15) is 6.04 Å². The van der Waals surface area contributed by atoms with Gasteiger partial charge in [0.2, 0.25) is 0 Å². The molecule has 0 aliphatic heterocycles. The van der Waals surface area contributed by atoms with Gasteiger partial charge in [0, 0.05) is 0 Å². The molecule has 1 unspecified atom stereocenters. The summed E-state index contributed by atoms with van der Waals surface area (Å²) in [6, 6.07) is -1.19. The zero-order valence-corrected chi connectivity index (χ0v) is 7.97. The van der Waals surface area contributed by atoms with Crippen LogP contribution in [0.4, 0.5) is 0 Å². The van der Waals surface area contributed by atoms with Gasteiger partial charge >= 0.3 is 5.97 Å². The first kappa shape index (κ1) is 12.1. The number of hydrogen-bond acceptors (Lipinski definition) is 3. The predicted octanol–water partition coefficient (Wildman–Crippen LogP) is 0.362. The average molecular weight is 187 g/mol. The maximum Gasteiger partial charge on any atom is 0.323 e. The molecule has 3 atom stereocenters. The van der Waals surface area contributed by atoms with Crippen LogP contribution in [-0.2, 0) is 4.79 Å². The van der Waals surface area contributed by atoms with Crippen LogP contribution in [0.3, 0.4) is 0 Å². The SMILES string of the molecule is C/C=C/CC(C)[C@@H](O)[C@H](N)C(=O)O. The fourth-order valence-electron chi connectivity index (χ4n) is 0.990. The molecule has 4 N–H and O–H groups in total. The molecule has 0 heterocycles. The second-order valence-corrected chi connectivity index (χ2v) is 3.14. The van der Waals surface area contributed by atoms with Gasteiger partial charge in [-0.2, -0.15) is 0 Å². The summed E-state index contributed by atoms with van der Waals surface area (Å²) in [7, 11) is 0. The summed E-state index contributed by atoms with van der Waals surface area (Å²) >= 11 is 0. The van der Waals surface area contributed by atoms with Crippen LogP contribution in [0.2, 0.25) is 0 Å². The number of carboxylic acids is 1. The second kappa shape index (κ2) is 5.72. The van der Waals surface area contributed by atoms with Crippen molar-refractivity contribution in [2.45, 2.75) is 32.4 Å². The van der Waals surface area contributed by atoms with Gasteiger partial charge in [-0.25, -0.2) is 0 Å². The minimum Gasteiger partial charge on any atom is -0.480 e. The smallest absolute Gasteiger partial charge is 0.323 e. The molecule has 0 bridgehead atoms. The van der Waals surface area contributed by atoms with Crippen molar-refractivity contribution in [3.8, 4) is 0 Å². The summed E-state index contributed by atoms with van der Waals surface area (Å²) in [4.78, 5) is 10.4. The molecule has 0 aliphatic rings. The van der Waals surface area contributed by atoms with Crippen molar-refractivity contribution in [2.24, 2.45) is 11.7 Å². The average Bonchev–Trinajstić information content (AvgIpc) is 2.11. The first-order valence-corrected chi connectivity index (χ1v) is 4.28. The van der Waals surface area contributed by atoms with Gasteiger partial charge in [0.15, 0.2) is 0 Å². The van der Waals surface area contributed by atoms with E-state index in [1.165, 1.54) is 0 Å². The number of carbonyl (C=O) groups is 1. The number of aliphatic hydroxyl groups excluding tert-OH is 1. The van der Waals surface area contributed by atoms with Crippen molar-refractivity contribution in [1.82, 2.24) is 0 Å². The van der Waals surface area contributed by atoms with E-state index in [1.54, 1.807) is 6.92 Å². The number of rotatable bonds is 5. The highest BCUT2D eigenvalue weighted by molar-refractivity contribution is 5.73. The minimum absolute atomic E-state index is 0.137. The minimum atomic E-state index is -1.19. The number of nitrogens with two attached hydrogens (primary N) is 1. The van der Waals surface area contributed by atoms with E-state index in [4.69, 9.17) is 10.8 Å². The standard InChI is InChI=1S/C9H17NO3/c1-3-4-5-6(2)8(11)7(10)9(12)13/h3-4,6-8,11H,5,10H2,1-2H3,(H,12,13)/b4-3+/t6?,7-,8+/m0/s1. The van der Waals surface area contributed by atoms with E-state index in [9.17, 15) is 9.90 Å².